The average Bonchev–Trinajstić information content (AvgIpc) is 2.52. The molecular formula is C20H38O4. The summed E-state index contributed by atoms with van der Waals surface area (Å²) < 4.78 is 10.5. The van der Waals surface area contributed by atoms with E-state index < -0.39 is 17.4 Å². The zero-order chi connectivity index (χ0) is 18.4. The van der Waals surface area contributed by atoms with Gasteiger partial charge in [0.1, 0.15) is 0 Å². The highest BCUT2D eigenvalue weighted by Crippen LogP contribution is 2.20. The van der Waals surface area contributed by atoms with Crippen molar-refractivity contribution >= 4 is 11.9 Å². The van der Waals surface area contributed by atoms with Crippen molar-refractivity contribution in [1.29, 1.82) is 0 Å². The van der Waals surface area contributed by atoms with E-state index in [1.807, 2.05) is 0 Å². The molecule has 4 heteroatoms. The Labute approximate surface area is 148 Å². The van der Waals surface area contributed by atoms with Gasteiger partial charge < -0.3 is 9.47 Å². The molecule has 0 atom stereocenters. The third kappa shape index (κ3) is 10.7. The molecule has 0 unspecified atom stereocenters. The summed E-state index contributed by atoms with van der Waals surface area (Å²) >= 11 is 0. The summed E-state index contributed by atoms with van der Waals surface area (Å²) in [6.45, 7) is 10.2. The maximum Gasteiger partial charge on any atom is 0.322 e. The lowest BCUT2D eigenvalue weighted by molar-refractivity contribution is -0.170. The Balaban J connectivity index is 3.81. The van der Waals surface area contributed by atoms with Gasteiger partial charge in [-0.15, -0.1) is 0 Å². The van der Waals surface area contributed by atoms with Gasteiger partial charge in [0, 0.05) is 0 Å². The van der Waals surface area contributed by atoms with E-state index in [4.69, 9.17) is 9.47 Å². The summed E-state index contributed by atoms with van der Waals surface area (Å²) in [4.78, 5) is 24.1. The van der Waals surface area contributed by atoms with Crippen molar-refractivity contribution in [3.05, 3.63) is 0 Å². The van der Waals surface area contributed by atoms with Crippen molar-refractivity contribution in [3.8, 4) is 0 Å². The van der Waals surface area contributed by atoms with E-state index in [1.54, 1.807) is 13.8 Å². The first-order chi connectivity index (χ1) is 11.3. The van der Waals surface area contributed by atoms with E-state index in [2.05, 4.69) is 20.8 Å². The molecular weight excluding hydrogens is 304 g/mol. The number of unbranched alkanes of at least 4 members (excludes halogenated alkanes) is 7. The first kappa shape index (κ1) is 22.9. The highest BCUT2D eigenvalue weighted by atomic mass is 16.6. The normalized spacial score (nSPS) is 11.6. The fourth-order valence-electron chi connectivity index (χ4n) is 2.23. The second-order valence-electron chi connectivity index (χ2n) is 7.55. The first-order valence-corrected chi connectivity index (χ1v) is 9.66. The number of hydrogen-bond donors (Lipinski definition) is 0. The molecule has 0 fully saturated rings. The minimum atomic E-state index is -1.23. The highest BCUT2D eigenvalue weighted by molar-refractivity contribution is 5.99. The van der Waals surface area contributed by atoms with Crippen molar-refractivity contribution in [2.75, 3.05) is 13.2 Å². The summed E-state index contributed by atoms with van der Waals surface area (Å²) in [7, 11) is 0. The average molecular weight is 343 g/mol. The van der Waals surface area contributed by atoms with Crippen molar-refractivity contribution in [1.82, 2.24) is 0 Å². The third-order valence-electron chi connectivity index (χ3n) is 4.18. The van der Waals surface area contributed by atoms with Crippen LogP contribution in [-0.4, -0.2) is 25.2 Å². The van der Waals surface area contributed by atoms with Crippen LogP contribution in [0.25, 0.3) is 0 Å². The fourth-order valence-corrected chi connectivity index (χ4v) is 2.23. The molecule has 0 rings (SSSR count). The van der Waals surface area contributed by atoms with Gasteiger partial charge in [-0.3, -0.25) is 9.59 Å². The SMILES string of the molecule is CCCCCCCCCCOC(=O)C(C)(C)C(=O)OCCC(C)C. The van der Waals surface area contributed by atoms with Crippen LogP contribution in [0.3, 0.4) is 0 Å². The Morgan fingerprint density at radius 3 is 1.75 bits per heavy atom. The molecule has 0 aliphatic carbocycles. The van der Waals surface area contributed by atoms with Gasteiger partial charge in [0.05, 0.1) is 13.2 Å². The van der Waals surface area contributed by atoms with E-state index in [1.165, 1.54) is 38.5 Å². The molecule has 0 aromatic carbocycles. The molecule has 0 saturated carbocycles. The first-order valence-electron chi connectivity index (χ1n) is 9.66. The van der Waals surface area contributed by atoms with E-state index in [9.17, 15) is 9.59 Å². The predicted octanol–water partition coefficient (Wildman–Crippen LogP) is 5.29. The number of ether oxygens (including phenoxy) is 2. The Morgan fingerprint density at radius 2 is 1.25 bits per heavy atom. The number of carbonyl (C=O) groups is 2. The summed E-state index contributed by atoms with van der Waals surface area (Å²) in [5.74, 6) is -0.515. The van der Waals surface area contributed by atoms with Crippen molar-refractivity contribution in [2.24, 2.45) is 11.3 Å². The van der Waals surface area contributed by atoms with Crippen LogP contribution in [0.1, 0.15) is 92.4 Å². The molecule has 0 saturated heterocycles. The fraction of sp³-hybridized carbons (Fsp3) is 0.900. The van der Waals surface area contributed by atoms with Gasteiger partial charge in [0.15, 0.2) is 5.41 Å². The van der Waals surface area contributed by atoms with Gasteiger partial charge in [-0.2, -0.15) is 0 Å². The van der Waals surface area contributed by atoms with E-state index in [0.717, 1.165) is 19.3 Å². The summed E-state index contributed by atoms with van der Waals surface area (Å²) in [6.07, 6.45) is 10.4. The maximum atomic E-state index is 12.1. The molecule has 0 bridgehead atoms. The van der Waals surface area contributed by atoms with Crippen LogP contribution < -0.4 is 0 Å². The molecule has 142 valence electrons. The largest absolute Gasteiger partial charge is 0.465 e. The van der Waals surface area contributed by atoms with Crippen molar-refractivity contribution in [2.45, 2.75) is 92.4 Å². The zero-order valence-corrected chi connectivity index (χ0v) is 16.5. The lowest BCUT2D eigenvalue weighted by Crippen LogP contribution is -2.37. The van der Waals surface area contributed by atoms with Crippen LogP contribution in [-0.2, 0) is 19.1 Å². The van der Waals surface area contributed by atoms with Crippen molar-refractivity contribution in [3.63, 3.8) is 0 Å². The van der Waals surface area contributed by atoms with E-state index in [0.29, 0.717) is 19.1 Å². The monoisotopic (exact) mass is 342 g/mol. The zero-order valence-electron chi connectivity index (χ0n) is 16.5. The predicted molar refractivity (Wildman–Crippen MR) is 97.8 cm³/mol. The van der Waals surface area contributed by atoms with Crippen LogP contribution in [0, 0.1) is 11.3 Å². The van der Waals surface area contributed by atoms with Gasteiger partial charge in [0.2, 0.25) is 0 Å². The lowest BCUT2D eigenvalue weighted by Gasteiger charge is -2.21. The summed E-state index contributed by atoms with van der Waals surface area (Å²) in [5, 5.41) is 0. The van der Waals surface area contributed by atoms with Crippen LogP contribution in [0.4, 0.5) is 0 Å². The van der Waals surface area contributed by atoms with Gasteiger partial charge in [0.25, 0.3) is 0 Å². The minimum absolute atomic E-state index is 0.352. The van der Waals surface area contributed by atoms with Gasteiger partial charge in [-0.05, 0) is 32.6 Å². The molecule has 4 nitrogen and oxygen atoms in total. The van der Waals surface area contributed by atoms with E-state index >= 15 is 0 Å². The standard InChI is InChI=1S/C20H38O4/c1-6-7-8-9-10-11-12-13-15-23-18(21)20(4,5)19(22)24-16-14-17(2)3/h17H,6-16H2,1-5H3. The number of hydrogen-bond acceptors (Lipinski definition) is 4. The number of rotatable bonds is 14. The second-order valence-corrected chi connectivity index (χ2v) is 7.55. The summed E-state index contributed by atoms with van der Waals surface area (Å²) in [5.41, 5.74) is -1.23. The number of esters is 2. The Bertz CT molecular complexity index is 348. The van der Waals surface area contributed by atoms with Gasteiger partial charge in [-0.1, -0.05) is 65.7 Å². The summed E-state index contributed by atoms with van der Waals surface area (Å²) in [6, 6.07) is 0. The van der Waals surface area contributed by atoms with E-state index in [-0.39, 0.29) is 0 Å². The topological polar surface area (TPSA) is 52.6 Å². The Hall–Kier alpha value is -1.06. The third-order valence-corrected chi connectivity index (χ3v) is 4.18. The highest BCUT2D eigenvalue weighted by Gasteiger charge is 2.39. The van der Waals surface area contributed by atoms with Gasteiger partial charge >= 0.3 is 11.9 Å². The van der Waals surface area contributed by atoms with Crippen LogP contribution in [0.15, 0.2) is 0 Å². The molecule has 0 radical (unpaired) electrons. The van der Waals surface area contributed by atoms with Gasteiger partial charge in [-0.25, -0.2) is 0 Å². The quantitative estimate of drug-likeness (QED) is 0.245. The molecule has 0 amide bonds. The molecule has 0 spiro atoms. The second kappa shape index (κ2) is 13.3. The Kier molecular flexibility index (Phi) is 12.7. The minimum Gasteiger partial charge on any atom is -0.465 e. The molecule has 24 heavy (non-hydrogen) atoms. The maximum absolute atomic E-state index is 12.1. The Morgan fingerprint density at radius 1 is 0.792 bits per heavy atom. The molecule has 0 aliphatic heterocycles. The number of carbonyl (C=O) groups excluding carboxylic acids is 2. The molecule has 0 aliphatic rings. The van der Waals surface area contributed by atoms with Crippen LogP contribution in [0.2, 0.25) is 0 Å². The van der Waals surface area contributed by atoms with Crippen LogP contribution >= 0.6 is 0 Å². The molecule has 0 aromatic heterocycles. The smallest absolute Gasteiger partial charge is 0.322 e. The van der Waals surface area contributed by atoms with Crippen LogP contribution in [0.5, 0.6) is 0 Å². The lowest BCUT2D eigenvalue weighted by atomic mass is 9.94. The molecule has 0 N–H and O–H groups in total. The van der Waals surface area contributed by atoms with Crippen molar-refractivity contribution < 1.29 is 19.1 Å². The molecule has 0 aromatic rings. The molecule has 0 heterocycles.